The fourth-order valence-electron chi connectivity index (χ4n) is 1.82. The monoisotopic (exact) mass is 194 g/mol. The molecule has 1 heterocycles. The second kappa shape index (κ2) is 3.72. The second-order valence-electron chi connectivity index (χ2n) is 3.48. The molecule has 1 aliphatic rings. The summed E-state index contributed by atoms with van der Waals surface area (Å²) in [7, 11) is 1.80. The van der Waals surface area contributed by atoms with Crippen LogP contribution in [0.15, 0.2) is 29.2 Å². The maximum atomic E-state index is 5.52. The second-order valence-corrected chi connectivity index (χ2v) is 4.54. The summed E-state index contributed by atoms with van der Waals surface area (Å²) in [6, 6.07) is 8.53. The number of methoxy groups -OCH3 is 1. The third-order valence-electron chi connectivity index (χ3n) is 2.50. The first-order valence-corrected chi connectivity index (χ1v) is 5.56. The van der Waals surface area contributed by atoms with Gasteiger partial charge in [-0.1, -0.05) is 25.1 Å². The molecule has 2 unspecified atom stereocenters. The molecule has 0 aromatic heterocycles. The molecule has 2 rings (SSSR count). The molecule has 0 aliphatic carbocycles. The van der Waals surface area contributed by atoms with Crippen LogP contribution in [0, 0.1) is 5.92 Å². The Kier molecular flexibility index (Phi) is 2.61. The molecule has 13 heavy (non-hydrogen) atoms. The lowest BCUT2D eigenvalue weighted by atomic mass is 9.98. The molecule has 0 amide bonds. The van der Waals surface area contributed by atoms with Gasteiger partial charge in [0, 0.05) is 17.8 Å². The zero-order valence-corrected chi connectivity index (χ0v) is 8.80. The van der Waals surface area contributed by atoms with Crippen molar-refractivity contribution >= 4 is 11.8 Å². The summed E-state index contributed by atoms with van der Waals surface area (Å²) >= 11 is 1.94. The van der Waals surface area contributed by atoms with Crippen molar-refractivity contribution in [2.45, 2.75) is 17.9 Å². The molecule has 1 nitrogen and oxygen atoms in total. The van der Waals surface area contributed by atoms with Crippen LogP contribution < -0.4 is 0 Å². The number of hydrogen-bond donors (Lipinski definition) is 0. The van der Waals surface area contributed by atoms with Gasteiger partial charge in [-0.3, -0.25) is 0 Å². The number of hydrogen-bond acceptors (Lipinski definition) is 2. The van der Waals surface area contributed by atoms with Crippen molar-refractivity contribution in [2.24, 2.45) is 5.92 Å². The minimum atomic E-state index is 0.289. The molecular formula is C11H14OS. The predicted molar refractivity (Wildman–Crippen MR) is 56.1 cm³/mol. The Labute approximate surface area is 83.5 Å². The van der Waals surface area contributed by atoms with Gasteiger partial charge in [-0.05, 0) is 17.5 Å². The summed E-state index contributed by atoms with van der Waals surface area (Å²) < 4.78 is 5.52. The summed E-state index contributed by atoms with van der Waals surface area (Å²) in [5.41, 5.74) is 1.36. The largest absolute Gasteiger partial charge is 0.376 e. The van der Waals surface area contributed by atoms with Crippen molar-refractivity contribution in [3.63, 3.8) is 0 Å². The Morgan fingerprint density at radius 3 is 2.92 bits per heavy atom. The van der Waals surface area contributed by atoms with Gasteiger partial charge < -0.3 is 4.74 Å². The van der Waals surface area contributed by atoms with Crippen LogP contribution >= 0.6 is 11.8 Å². The Morgan fingerprint density at radius 2 is 2.15 bits per heavy atom. The van der Waals surface area contributed by atoms with Gasteiger partial charge in [-0.2, -0.15) is 0 Å². The van der Waals surface area contributed by atoms with Gasteiger partial charge in [0.15, 0.2) is 0 Å². The topological polar surface area (TPSA) is 9.23 Å². The van der Waals surface area contributed by atoms with Crippen LogP contribution in [0.25, 0.3) is 0 Å². The van der Waals surface area contributed by atoms with E-state index in [0.717, 1.165) is 5.75 Å². The Morgan fingerprint density at radius 1 is 1.38 bits per heavy atom. The lowest BCUT2D eigenvalue weighted by molar-refractivity contribution is 0.0624. The van der Waals surface area contributed by atoms with E-state index in [1.807, 2.05) is 11.8 Å². The summed E-state index contributed by atoms with van der Waals surface area (Å²) in [6.07, 6.45) is 0.289. The van der Waals surface area contributed by atoms with Gasteiger partial charge in [0.1, 0.15) is 0 Å². The molecule has 0 saturated carbocycles. The molecule has 1 aromatic carbocycles. The molecule has 2 atom stereocenters. The van der Waals surface area contributed by atoms with Crippen LogP contribution in [-0.2, 0) is 4.74 Å². The van der Waals surface area contributed by atoms with Crippen molar-refractivity contribution in [3.8, 4) is 0 Å². The highest BCUT2D eigenvalue weighted by atomic mass is 32.2. The molecule has 0 spiro atoms. The average Bonchev–Trinajstić information content (AvgIpc) is 2.18. The standard InChI is InChI=1S/C11H14OS/c1-8-7-13-10-6-4-3-5-9(10)11(8)12-2/h3-6,8,11H,7H2,1-2H3. The fraction of sp³-hybridized carbons (Fsp3) is 0.455. The van der Waals surface area contributed by atoms with E-state index in [0.29, 0.717) is 5.92 Å². The first-order chi connectivity index (χ1) is 6.33. The fourth-order valence-corrected chi connectivity index (χ4v) is 2.96. The van der Waals surface area contributed by atoms with Gasteiger partial charge in [0.2, 0.25) is 0 Å². The van der Waals surface area contributed by atoms with Gasteiger partial charge in [0.25, 0.3) is 0 Å². The van der Waals surface area contributed by atoms with Gasteiger partial charge >= 0.3 is 0 Å². The van der Waals surface area contributed by atoms with E-state index in [1.54, 1.807) is 7.11 Å². The van der Waals surface area contributed by atoms with Crippen LogP contribution in [0.1, 0.15) is 18.6 Å². The number of rotatable bonds is 1. The molecule has 0 saturated heterocycles. The molecule has 0 radical (unpaired) electrons. The Hall–Kier alpha value is -0.470. The molecule has 1 aromatic rings. The highest BCUT2D eigenvalue weighted by Crippen LogP contribution is 2.40. The third kappa shape index (κ3) is 1.61. The van der Waals surface area contributed by atoms with Crippen LogP contribution in [0.2, 0.25) is 0 Å². The number of thioether (sulfide) groups is 1. The number of benzene rings is 1. The highest BCUT2D eigenvalue weighted by Gasteiger charge is 2.26. The smallest absolute Gasteiger partial charge is 0.0865 e. The van der Waals surface area contributed by atoms with Gasteiger partial charge in [-0.25, -0.2) is 0 Å². The maximum absolute atomic E-state index is 5.52. The zero-order chi connectivity index (χ0) is 9.26. The molecule has 70 valence electrons. The lowest BCUT2D eigenvalue weighted by Gasteiger charge is -2.29. The van der Waals surface area contributed by atoms with Crippen LogP contribution in [0.4, 0.5) is 0 Å². The highest BCUT2D eigenvalue weighted by molar-refractivity contribution is 7.99. The van der Waals surface area contributed by atoms with Crippen LogP contribution in [0.3, 0.4) is 0 Å². The van der Waals surface area contributed by atoms with Crippen LogP contribution in [-0.4, -0.2) is 12.9 Å². The molecule has 0 N–H and O–H groups in total. The van der Waals surface area contributed by atoms with E-state index in [-0.39, 0.29) is 6.10 Å². The van der Waals surface area contributed by atoms with Crippen molar-refractivity contribution in [3.05, 3.63) is 29.8 Å². The molecule has 0 fully saturated rings. The van der Waals surface area contributed by atoms with Crippen molar-refractivity contribution in [1.82, 2.24) is 0 Å². The normalized spacial score (nSPS) is 26.9. The number of fused-ring (bicyclic) bond motifs is 1. The SMILES string of the molecule is COC1c2ccccc2SCC1C. The minimum absolute atomic E-state index is 0.289. The molecular weight excluding hydrogens is 180 g/mol. The summed E-state index contributed by atoms with van der Waals surface area (Å²) in [5.74, 6) is 1.78. The molecule has 2 heteroatoms. The van der Waals surface area contributed by atoms with Crippen molar-refractivity contribution in [2.75, 3.05) is 12.9 Å². The Bertz CT molecular complexity index is 298. The van der Waals surface area contributed by atoms with E-state index >= 15 is 0 Å². The molecule has 0 bridgehead atoms. The number of ether oxygens (including phenoxy) is 1. The van der Waals surface area contributed by atoms with Gasteiger partial charge in [0.05, 0.1) is 6.10 Å². The van der Waals surface area contributed by atoms with Crippen LogP contribution in [0.5, 0.6) is 0 Å². The van der Waals surface area contributed by atoms with E-state index in [2.05, 4.69) is 31.2 Å². The van der Waals surface area contributed by atoms with E-state index in [9.17, 15) is 0 Å². The summed E-state index contributed by atoms with van der Waals surface area (Å²) in [6.45, 7) is 2.25. The zero-order valence-electron chi connectivity index (χ0n) is 7.99. The third-order valence-corrected chi connectivity index (χ3v) is 3.87. The average molecular weight is 194 g/mol. The predicted octanol–water partition coefficient (Wildman–Crippen LogP) is 3.12. The first kappa shape index (κ1) is 9.10. The minimum Gasteiger partial charge on any atom is -0.376 e. The van der Waals surface area contributed by atoms with E-state index in [1.165, 1.54) is 10.5 Å². The van der Waals surface area contributed by atoms with E-state index < -0.39 is 0 Å². The van der Waals surface area contributed by atoms with Crippen molar-refractivity contribution in [1.29, 1.82) is 0 Å². The van der Waals surface area contributed by atoms with Crippen molar-refractivity contribution < 1.29 is 4.74 Å². The molecule has 1 aliphatic heterocycles. The summed E-state index contributed by atoms with van der Waals surface area (Å²) in [5, 5.41) is 0. The lowest BCUT2D eigenvalue weighted by Crippen LogP contribution is -2.18. The Balaban J connectivity index is 2.39. The first-order valence-electron chi connectivity index (χ1n) is 4.57. The van der Waals surface area contributed by atoms with E-state index in [4.69, 9.17) is 4.74 Å². The van der Waals surface area contributed by atoms with Gasteiger partial charge in [-0.15, -0.1) is 11.8 Å². The quantitative estimate of drug-likeness (QED) is 0.679. The summed E-state index contributed by atoms with van der Waals surface area (Å²) in [4.78, 5) is 1.38. The maximum Gasteiger partial charge on any atom is 0.0865 e.